The summed E-state index contributed by atoms with van der Waals surface area (Å²) in [5, 5.41) is 2.83. The summed E-state index contributed by atoms with van der Waals surface area (Å²) in [5.41, 5.74) is 1.20. The van der Waals surface area contributed by atoms with Gasteiger partial charge in [0.1, 0.15) is 0 Å². The topological polar surface area (TPSA) is 46.2 Å². The molecule has 1 amide bonds. The second kappa shape index (κ2) is 6.27. The number of nitrogens with one attached hydrogen (secondary N) is 1. The normalized spacial score (nSPS) is 10.2. The Kier molecular flexibility index (Phi) is 4.65. The first-order chi connectivity index (χ1) is 9.47. The minimum atomic E-state index is -0.552. The molecule has 2 aromatic rings. The van der Waals surface area contributed by atoms with Gasteiger partial charge in [0.05, 0.1) is 10.6 Å². The van der Waals surface area contributed by atoms with E-state index in [4.69, 9.17) is 34.8 Å². The lowest BCUT2D eigenvalue weighted by Crippen LogP contribution is -2.12. The van der Waals surface area contributed by atoms with Gasteiger partial charge in [-0.2, -0.15) is 0 Å². The van der Waals surface area contributed by atoms with Gasteiger partial charge in [0.25, 0.3) is 11.1 Å². The van der Waals surface area contributed by atoms with Crippen LogP contribution in [-0.4, -0.2) is 11.1 Å². The van der Waals surface area contributed by atoms with Crippen LogP contribution in [0, 0.1) is 0 Å². The minimum absolute atomic E-state index is 0.266. The van der Waals surface area contributed by atoms with Crippen molar-refractivity contribution in [3.8, 4) is 0 Å². The number of amides is 1. The Balaban J connectivity index is 2.17. The van der Waals surface area contributed by atoms with Gasteiger partial charge in [0, 0.05) is 16.3 Å². The van der Waals surface area contributed by atoms with Crippen LogP contribution in [0.4, 0.5) is 5.69 Å². The number of rotatable bonds is 3. The summed E-state index contributed by atoms with van der Waals surface area (Å²) in [6.45, 7) is 0. The van der Waals surface area contributed by atoms with Gasteiger partial charge < -0.3 is 5.32 Å². The molecule has 0 bridgehead atoms. The van der Waals surface area contributed by atoms with Crippen molar-refractivity contribution in [3.63, 3.8) is 0 Å². The molecule has 0 saturated heterocycles. The van der Waals surface area contributed by atoms with Crippen molar-refractivity contribution in [3.05, 3.63) is 63.6 Å². The number of benzene rings is 2. The monoisotopic (exact) mass is 327 g/mol. The maximum absolute atomic E-state index is 12.0. The van der Waals surface area contributed by atoms with Crippen LogP contribution in [0.2, 0.25) is 10.0 Å². The Morgan fingerprint density at radius 1 is 0.950 bits per heavy atom. The molecule has 0 aromatic heterocycles. The molecular formula is C14H8Cl3NO2. The van der Waals surface area contributed by atoms with E-state index in [1.165, 1.54) is 24.3 Å². The number of hydrogen-bond donors (Lipinski definition) is 1. The van der Waals surface area contributed by atoms with Crippen LogP contribution in [0.3, 0.4) is 0 Å². The molecule has 2 aromatic carbocycles. The van der Waals surface area contributed by atoms with Crippen LogP contribution in [-0.2, 0) is 0 Å². The van der Waals surface area contributed by atoms with Crippen LogP contribution < -0.4 is 5.32 Å². The summed E-state index contributed by atoms with van der Waals surface area (Å²) >= 11 is 17.1. The number of anilines is 1. The number of hydrogen-bond acceptors (Lipinski definition) is 2. The molecular weight excluding hydrogens is 321 g/mol. The van der Waals surface area contributed by atoms with Gasteiger partial charge in [0.2, 0.25) is 0 Å². The summed E-state index contributed by atoms with van der Waals surface area (Å²) in [4.78, 5) is 23.0. The van der Waals surface area contributed by atoms with Crippen LogP contribution in [0.25, 0.3) is 0 Å². The fourth-order valence-corrected chi connectivity index (χ4v) is 2.18. The summed E-state index contributed by atoms with van der Waals surface area (Å²) in [6.07, 6.45) is 0. The van der Waals surface area contributed by atoms with Crippen molar-refractivity contribution in [2.75, 3.05) is 5.32 Å². The summed E-state index contributed by atoms with van der Waals surface area (Å²) in [7, 11) is 0. The molecule has 20 heavy (non-hydrogen) atoms. The van der Waals surface area contributed by atoms with Gasteiger partial charge in [-0.1, -0.05) is 23.2 Å². The van der Waals surface area contributed by atoms with Crippen LogP contribution in [0.15, 0.2) is 42.5 Å². The Morgan fingerprint density at radius 3 is 2.15 bits per heavy atom. The molecule has 6 heteroatoms. The maximum Gasteiger partial charge on any atom is 0.257 e. The Bertz CT molecular complexity index is 669. The van der Waals surface area contributed by atoms with Crippen LogP contribution >= 0.6 is 34.8 Å². The number of carbonyl (C=O) groups excluding carboxylic acids is 2. The Hall–Kier alpha value is -1.55. The zero-order valence-corrected chi connectivity index (χ0v) is 12.3. The average molecular weight is 329 g/mol. The highest BCUT2D eigenvalue weighted by Gasteiger charge is 2.11. The summed E-state index contributed by atoms with van der Waals surface area (Å²) < 4.78 is 0. The molecule has 0 spiro atoms. The molecule has 0 unspecified atom stereocenters. The van der Waals surface area contributed by atoms with E-state index in [0.29, 0.717) is 21.8 Å². The molecule has 0 radical (unpaired) electrons. The van der Waals surface area contributed by atoms with Gasteiger partial charge in [-0.15, -0.1) is 0 Å². The lowest BCUT2D eigenvalue weighted by atomic mass is 10.2. The lowest BCUT2D eigenvalue weighted by molar-refractivity contribution is 0.102. The molecule has 0 saturated carbocycles. The fourth-order valence-electron chi connectivity index (χ4n) is 1.56. The number of carbonyl (C=O) groups is 2. The molecule has 0 heterocycles. The van der Waals surface area contributed by atoms with Gasteiger partial charge in [-0.3, -0.25) is 9.59 Å². The van der Waals surface area contributed by atoms with Crippen LogP contribution in [0.5, 0.6) is 0 Å². The SMILES string of the molecule is O=C(Cl)c1ccc(NC(=O)c2ccc(Cl)cc2Cl)cc1. The van der Waals surface area contributed by atoms with E-state index in [1.54, 1.807) is 18.2 Å². The highest BCUT2D eigenvalue weighted by molar-refractivity contribution is 6.67. The molecule has 0 aliphatic rings. The minimum Gasteiger partial charge on any atom is -0.322 e. The Labute approximate surface area is 130 Å². The van der Waals surface area contributed by atoms with Gasteiger partial charge >= 0.3 is 0 Å². The van der Waals surface area contributed by atoms with E-state index in [-0.39, 0.29) is 10.9 Å². The van der Waals surface area contributed by atoms with E-state index < -0.39 is 5.24 Å². The predicted molar refractivity (Wildman–Crippen MR) is 81.0 cm³/mol. The lowest BCUT2D eigenvalue weighted by Gasteiger charge is -2.07. The molecule has 1 N–H and O–H groups in total. The van der Waals surface area contributed by atoms with Gasteiger partial charge in [0.15, 0.2) is 0 Å². The largest absolute Gasteiger partial charge is 0.322 e. The molecule has 102 valence electrons. The predicted octanol–water partition coefficient (Wildman–Crippen LogP) is 4.62. The van der Waals surface area contributed by atoms with Crippen molar-refractivity contribution in [2.45, 2.75) is 0 Å². The molecule has 0 fully saturated rings. The highest BCUT2D eigenvalue weighted by atomic mass is 35.5. The Morgan fingerprint density at radius 2 is 1.60 bits per heavy atom. The third-order valence-corrected chi connectivity index (χ3v) is 3.31. The first-order valence-electron chi connectivity index (χ1n) is 5.53. The quantitative estimate of drug-likeness (QED) is 0.835. The number of halogens is 3. The molecule has 2 rings (SSSR count). The van der Waals surface area contributed by atoms with E-state index >= 15 is 0 Å². The van der Waals surface area contributed by atoms with E-state index in [0.717, 1.165) is 0 Å². The second-order valence-corrected chi connectivity index (χ2v) is 5.12. The summed E-state index contributed by atoms with van der Waals surface area (Å²) in [6, 6.07) is 10.8. The zero-order valence-electron chi connectivity index (χ0n) is 9.99. The fraction of sp³-hybridized carbons (Fsp3) is 0. The molecule has 3 nitrogen and oxygen atoms in total. The molecule has 0 atom stereocenters. The first-order valence-corrected chi connectivity index (χ1v) is 6.67. The highest BCUT2D eigenvalue weighted by Crippen LogP contribution is 2.22. The van der Waals surface area contributed by atoms with Crippen LogP contribution in [0.1, 0.15) is 20.7 Å². The third kappa shape index (κ3) is 3.51. The van der Waals surface area contributed by atoms with Crippen molar-refractivity contribution in [2.24, 2.45) is 0 Å². The zero-order chi connectivity index (χ0) is 14.7. The van der Waals surface area contributed by atoms with Crippen molar-refractivity contribution in [1.29, 1.82) is 0 Å². The van der Waals surface area contributed by atoms with E-state index in [1.807, 2.05) is 0 Å². The second-order valence-electron chi connectivity index (χ2n) is 3.93. The van der Waals surface area contributed by atoms with Crippen molar-refractivity contribution >= 4 is 51.6 Å². The van der Waals surface area contributed by atoms with Crippen molar-refractivity contribution < 1.29 is 9.59 Å². The standard InChI is InChI=1S/C14H8Cl3NO2/c15-9-3-6-11(12(16)7-9)14(20)18-10-4-1-8(2-5-10)13(17)19/h1-7H,(H,18,20). The molecule has 0 aliphatic carbocycles. The van der Waals surface area contributed by atoms with E-state index in [9.17, 15) is 9.59 Å². The van der Waals surface area contributed by atoms with Crippen molar-refractivity contribution in [1.82, 2.24) is 0 Å². The average Bonchev–Trinajstić information content (AvgIpc) is 2.39. The smallest absolute Gasteiger partial charge is 0.257 e. The van der Waals surface area contributed by atoms with Gasteiger partial charge in [-0.25, -0.2) is 0 Å². The maximum atomic E-state index is 12.0. The molecule has 0 aliphatic heterocycles. The van der Waals surface area contributed by atoms with E-state index in [2.05, 4.69) is 5.32 Å². The first kappa shape index (κ1) is 14.9. The summed E-state index contributed by atoms with van der Waals surface area (Å²) in [5.74, 6) is -0.364. The van der Waals surface area contributed by atoms with Gasteiger partial charge in [-0.05, 0) is 54.1 Å². The third-order valence-electron chi connectivity index (χ3n) is 2.55.